The van der Waals surface area contributed by atoms with Crippen molar-refractivity contribution in [2.45, 2.75) is 50.6 Å². The van der Waals surface area contributed by atoms with Crippen LogP contribution in [0.5, 0.6) is 5.75 Å². The Labute approximate surface area is 301 Å². The van der Waals surface area contributed by atoms with Crippen molar-refractivity contribution >= 4 is 66.7 Å². The summed E-state index contributed by atoms with van der Waals surface area (Å²) in [6.45, 7) is 4.14. The number of hydrogen-bond donors (Lipinski definition) is 1. The summed E-state index contributed by atoms with van der Waals surface area (Å²) < 4.78 is 35.8. The molecule has 0 aromatic heterocycles. The van der Waals surface area contributed by atoms with Crippen LogP contribution in [0.3, 0.4) is 0 Å². The number of halogens is 3. The Morgan fingerprint density at radius 3 is 2.19 bits per heavy atom. The second-order valence-corrected chi connectivity index (χ2v) is 14.6. The molecule has 1 atom stereocenters. The molecule has 4 rings (SSSR count). The summed E-state index contributed by atoms with van der Waals surface area (Å²) in [5.74, 6) is -0.368. The number of benzene rings is 4. The van der Waals surface area contributed by atoms with Crippen LogP contribution in [0.15, 0.2) is 106 Å². The van der Waals surface area contributed by atoms with Crippen LogP contribution >= 0.6 is 39.1 Å². The first-order valence-corrected chi connectivity index (χ1v) is 18.6. The van der Waals surface area contributed by atoms with Crippen molar-refractivity contribution < 1.29 is 22.7 Å². The first-order valence-electron chi connectivity index (χ1n) is 15.6. The van der Waals surface area contributed by atoms with Gasteiger partial charge < -0.3 is 15.0 Å². The lowest BCUT2D eigenvalue weighted by Crippen LogP contribution is -2.53. The van der Waals surface area contributed by atoms with Crippen LogP contribution in [0.1, 0.15) is 37.8 Å². The van der Waals surface area contributed by atoms with Crippen molar-refractivity contribution in [1.82, 2.24) is 10.2 Å². The molecule has 0 fully saturated rings. The lowest BCUT2D eigenvalue weighted by molar-refractivity contribution is -0.140. The van der Waals surface area contributed by atoms with Crippen molar-refractivity contribution in [2.24, 2.45) is 0 Å². The average molecular weight is 776 g/mol. The van der Waals surface area contributed by atoms with E-state index in [4.69, 9.17) is 27.9 Å². The van der Waals surface area contributed by atoms with E-state index in [0.717, 1.165) is 22.7 Å². The number of carbonyl (C=O) groups excluding carboxylic acids is 2. The van der Waals surface area contributed by atoms with E-state index in [1.54, 1.807) is 54.6 Å². The van der Waals surface area contributed by atoms with Gasteiger partial charge in [0.05, 0.1) is 27.2 Å². The average Bonchev–Trinajstić information content (AvgIpc) is 3.08. The zero-order chi connectivity index (χ0) is 34.7. The highest BCUT2D eigenvalue weighted by Gasteiger charge is 2.34. The van der Waals surface area contributed by atoms with Crippen LogP contribution in [0.25, 0.3) is 0 Å². The third-order valence-corrected chi connectivity index (χ3v) is 10.6. The summed E-state index contributed by atoms with van der Waals surface area (Å²) in [5.41, 5.74) is 1.72. The summed E-state index contributed by atoms with van der Waals surface area (Å²) in [7, 11) is -4.25. The summed E-state index contributed by atoms with van der Waals surface area (Å²) >= 11 is 15.9. The van der Waals surface area contributed by atoms with E-state index in [1.165, 1.54) is 17.0 Å². The summed E-state index contributed by atoms with van der Waals surface area (Å²) in [4.78, 5) is 29.9. The van der Waals surface area contributed by atoms with E-state index in [9.17, 15) is 18.0 Å². The molecule has 0 radical (unpaired) electrons. The normalized spacial score (nSPS) is 11.9. The standard InChI is InChI=1S/C36H38BrCl2N3O5S/c1-3-5-21-40-36(44)34(23-26-9-7-6-8-10-26)41(24-27-11-20-32(38)33(39)22-27)35(43)25-42(29-14-16-30(17-15-29)47-4-2)48(45,46)31-18-12-28(37)13-19-31/h6-20,22,34H,3-5,21,23-25H2,1-2H3,(H,40,44)/t34-/m0/s1. The minimum atomic E-state index is -4.25. The second kappa shape index (κ2) is 17.7. The summed E-state index contributed by atoms with van der Waals surface area (Å²) in [5, 5.41) is 3.62. The van der Waals surface area contributed by atoms with Crippen LogP contribution < -0.4 is 14.4 Å². The number of sulfonamides is 1. The number of nitrogens with zero attached hydrogens (tertiary/aromatic N) is 2. The quantitative estimate of drug-likeness (QED) is 0.117. The van der Waals surface area contributed by atoms with E-state index in [1.807, 2.05) is 44.2 Å². The van der Waals surface area contributed by atoms with Gasteiger partial charge in [-0.1, -0.05) is 88.9 Å². The van der Waals surface area contributed by atoms with Crippen molar-refractivity contribution in [3.05, 3.63) is 123 Å². The van der Waals surface area contributed by atoms with E-state index < -0.39 is 28.5 Å². The first kappa shape index (κ1) is 37.3. The van der Waals surface area contributed by atoms with Crippen LogP contribution in [-0.2, 0) is 32.6 Å². The SMILES string of the molecule is CCCCNC(=O)[C@H](Cc1ccccc1)N(Cc1ccc(Cl)c(Cl)c1)C(=O)CN(c1ccc(OCC)cc1)S(=O)(=O)c1ccc(Br)cc1. The fourth-order valence-corrected chi connectivity index (χ4v) is 7.03. The van der Waals surface area contributed by atoms with E-state index in [0.29, 0.717) is 39.0 Å². The smallest absolute Gasteiger partial charge is 0.264 e. The Kier molecular flexibility index (Phi) is 13.8. The van der Waals surface area contributed by atoms with Crippen LogP contribution in [-0.4, -0.2) is 50.9 Å². The maximum absolute atomic E-state index is 14.6. The summed E-state index contributed by atoms with van der Waals surface area (Å²) in [6.07, 6.45) is 1.84. The van der Waals surface area contributed by atoms with Gasteiger partial charge in [0, 0.05) is 24.0 Å². The van der Waals surface area contributed by atoms with Gasteiger partial charge in [0.1, 0.15) is 18.3 Å². The molecule has 2 amide bonds. The number of anilines is 1. The van der Waals surface area contributed by atoms with Crippen molar-refractivity contribution in [3.8, 4) is 5.75 Å². The maximum Gasteiger partial charge on any atom is 0.264 e. The molecule has 0 heterocycles. The molecule has 254 valence electrons. The van der Waals surface area contributed by atoms with Crippen LogP contribution in [0.4, 0.5) is 5.69 Å². The minimum absolute atomic E-state index is 0.00145. The van der Waals surface area contributed by atoms with Gasteiger partial charge in [0.15, 0.2) is 0 Å². The highest BCUT2D eigenvalue weighted by Crippen LogP contribution is 2.29. The predicted molar refractivity (Wildman–Crippen MR) is 195 cm³/mol. The Bertz CT molecular complexity index is 1780. The third kappa shape index (κ3) is 9.98. The van der Waals surface area contributed by atoms with E-state index >= 15 is 0 Å². The largest absolute Gasteiger partial charge is 0.494 e. The Hall–Kier alpha value is -3.57. The number of amides is 2. The number of nitrogens with one attached hydrogen (secondary N) is 1. The highest BCUT2D eigenvalue weighted by atomic mass is 79.9. The first-order chi connectivity index (χ1) is 23.0. The molecule has 0 aliphatic rings. The molecule has 8 nitrogen and oxygen atoms in total. The molecule has 12 heteroatoms. The van der Waals surface area contributed by atoms with Gasteiger partial charge in [-0.2, -0.15) is 0 Å². The molecule has 0 aliphatic carbocycles. The van der Waals surface area contributed by atoms with E-state index in [2.05, 4.69) is 21.2 Å². The number of carbonyl (C=O) groups is 2. The molecule has 4 aromatic carbocycles. The second-order valence-electron chi connectivity index (χ2n) is 11.0. The number of ether oxygens (including phenoxy) is 1. The lowest BCUT2D eigenvalue weighted by atomic mass is 10.0. The van der Waals surface area contributed by atoms with Gasteiger partial charge in [-0.05, 0) is 85.1 Å². The molecular weight excluding hydrogens is 737 g/mol. The minimum Gasteiger partial charge on any atom is -0.494 e. The van der Waals surface area contributed by atoms with E-state index in [-0.39, 0.29) is 29.5 Å². The maximum atomic E-state index is 14.6. The highest BCUT2D eigenvalue weighted by molar-refractivity contribution is 9.10. The molecule has 0 saturated carbocycles. The molecule has 0 spiro atoms. The predicted octanol–water partition coefficient (Wildman–Crippen LogP) is 7.91. The topological polar surface area (TPSA) is 96.0 Å². The summed E-state index contributed by atoms with van der Waals surface area (Å²) in [6, 6.07) is 26.1. The zero-order valence-electron chi connectivity index (χ0n) is 26.7. The molecule has 4 aromatic rings. The Morgan fingerprint density at radius 2 is 1.56 bits per heavy atom. The number of hydrogen-bond acceptors (Lipinski definition) is 5. The molecule has 0 saturated heterocycles. The van der Waals surface area contributed by atoms with Crippen molar-refractivity contribution in [3.63, 3.8) is 0 Å². The van der Waals surface area contributed by atoms with Gasteiger partial charge in [0.25, 0.3) is 10.0 Å². The molecule has 1 N–H and O–H groups in total. The Morgan fingerprint density at radius 1 is 0.875 bits per heavy atom. The van der Waals surface area contributed by atoms with Crippen molar-refractivity contribution in [1.29, 1.82) is 0 Å². The molecule has 48 heavy (non-hydrogen) atoms. The molecule has 0 aliphatic heterocycles. The van der Waals surface area contributed by atoms with Gasteiger partial charge in [0.2, 0.25) is 11.8 Å². The van der Waals surface area contributed by atoms with Gasteiger partial charge in [-0.25, -0.2) is 8.42 Å². The van der Waals surface area contributed by atoms with Crippen molar-refractivity contribution in [2.75, 3.05) is 24.0 Å². The Balaban J connectivity index is 1.80. The van der Waals surface area contributed by atoms with Gasteiger partial charge in [-0.15, -0.1) is 0 Å². The molecule has 0 unspecified atom stereocenters. The lowest BCUT2D eigenvalue weighted by Gasteiger charge is -2.34. The molecule has 0 bridgehead atoms. The van der Waals surface area contributed by atoms with Gasteiger partial charge in [-0.3, -0.25) is 13.9 Å². The third-order valence-electron chi connectivity index (χ3n) is 7.55. The van der Waals surface area contributed by atoms with Gasteiger partial charge >= 0.3 is 0 Å². The monoisotopic (exact) mass is 773 g/mol. The van der Waals surface area contributed by atoms with Crippen LogP contribution in [0.2, 0.25) is 10.0 Å². The number of rotatable bonds is 16. The molecular formula is C36H38BrCl2N3O5S. The zero-order valence-corrected chi connectivity index (χ0v) is 30.7. The number of unbranched alkanes of at least 4 members (excludes halogenated alkanes) is 1. The van der Waals surface area contributed by atoms with Crippen LogP contribution in [0, 0.1) is 0 Å². The fraction of sp³-hybridized carbons (Fsp3) is 0.278. The fourth-order valence-electron chi connectivity index (χ4n) is 5.03.